The topological polar surface area (TPSA) is 71.9 Å². The van der Waals surface area contributed by atoms with Gasteiger partial charge in [0.25, 0.3) is 5.69 Å². The summed E-state index contributed by atoms with van der Waals surface area (Å²) in [5, 5.41) is 18.8. The molecule has 0 aliphatic rings. The van der Waals surface area contributed by atoms with Crippen molar-refractivity contribution in [3.63, 3.8) is 0 Å². The molecule has 0 fully saturated rings. The average Bonchev–Trinajstić information content (AvgIpc) is 2.75. The summed E-state index contributed by atoms with van der Waals surface area (Å²) in [7, 11) is 0. The third kappa shape index (κ3) is 3.10. The highest BCUT2D eigenvalue weighted by molar-refractivity contribution is 8.93. The van der Waals surface area contributed by atoms with Crippen molar-refractivity contribution in [2.24, 2.45) is 0 Å². The Balaban J connectivity index is 0.00000176. The molecule has 7 heteroatoms. The fourth-order valence-electron chi connectivity index (χ4n) is 2.26. The van der Waals surface area contributed by atoms with Crippen molar-refractivity contribution in [3.05, 3.63) is 68.5 Å². The van der Waals surface area contributed by atoms with Crippen LogP contribution in [0, 0.1) is 22.4 Å². The lowest BCUT2D eigenvalue weighted by molar-refractivity contribution is -0.384. The Labute approximate surface area is 141 Å². The number of fused-ring (bicyclic) bond motifs is 1. The van der Waals surface area contributed by atoms with Gasteiger partial charge in [-0.2, -0.15) is 0 Å². The largest absolute Gasteiger partial charge is 0.312 e. The second kappa shape index (κ2) is 6.41. The van der Waals surface area contributed by atoms with E-state index in [-0.39, 0.29) is 22.7 Å². The van der Waals surface area contributed by atoms with Crippen molar-refractivity contribution in [3.8, 4) is 0 Å². The Morgan fingerprint density at radius 1 is 1.23 bits per heavy atom. The molecule has 0 amide bonds. The Hall–Kier alpha value is -1.99. The van der Waals surface area contributed by atoms with Gasteiger partial charge in [-0.05, 0) is 30.2 Å². The van der Waals surface area contributed by atoms with Crippen LogP contribution in [-0.2, 0) is 6.54 Å². The first-order chi connectivity index (χ1) is 10.0. The molecule has 0 spiro atoms. The summed E-state index contributed by atoms with van der Waals surface area (Å²) in [6.45, 7) is 2.57. The molecule has 0 saturated heterocycles. The van der Waals surface area contributed by atoms with Gasteiger partial charge in [0.1, 0.15) is 0 Å². The van der Waals surface area contributed by atoms with E-state index in [2.05, 4.69) is 6.07 Å². The second-order valence-corrected chi connectivity index (χ2v) is 5.92. The maximum Gasteiger partial charge on any atom is 0.269 e. The normalized spacial score (nSPS) is 10.4. The predicted octanol–water partition coefficient (Wildman–Crippen LogP) is 4.03. The first-order valence-electron chi connectivity index (χ1n) is 6.42. The molecule has 0 aliphatic carbocycles. The lowest BCUT2D eigenvalue weighted by Crippen LogP contribution is -2.13. The van der Waals surface area contributed by atoms with Crippen LogP contribution >= 0.6 is 28.3 Å². The summed E-state index contributed by atoms with van der Waals surface area (Å²) < 4.78 is 3.00. The Morgan fingerprint density at radius 2 is 1.91 bits per heavy atom. The van der Waals surface area contributed by atoms with E-state index >= 15 is 0 Å². The van der Waals surface area contributed by atoms with Crippen LogP contribution in [0.1, 0.15) is 11.1 Å². The average molecular weight is 380 g/mol. The zero-order valence-electron chi connectivity index (χ0n) is 11.8. The fraction of sp³-hybridized carbons (Fsp3) is 0.133. The number of hydrogen-bond donors (Lipinski definition) is 1. The van der Waals surface area contributed by atoms with E-state index in [0.29, 0.717) is 11.3 Å². The number of nitrogens with one attached hydrogen (secondary N) is 1. The molecule has 1 heterocycles. The van der Waals surface area contributed by atoms with Crippen LogP contribution in [0.4, 0.5) is 5.69 Å². The van der Waals surface area contributed by atoms with Crippen molar-refractivity contribution in [1.82, 2.24) is 4.57 Å². The quantitative estimate of drug-likeness (QED) is 0.551. The maximum atomic E-state index is 10.7. The molecular formula is C15H14BrN3O2S. The van der Waals surface area contributed by atoms with E-state index < -0.39 is 4.92 Å². The number of hydrogen-bond acceptors (Lipinski definition) is 4. The van der Waals surface area contributed by atoms with Crippen molar-refractivity contribution in [2.75, 3.05) is 0 Å². The summed E-state index contributed by atoms with van der Waals surface area (Å²) in [4.78, 5) is 10.7. The molecule has 5 nitrogen and oxygen atoms in total. The minimum atomic E-state index is -0.407. The van der Waals surface area contributed by atoms with Gasteiger partial charge in [0.05, 0.1) is 21.7 Å². The lowest BCUT2D eigenvalue weighted by Gasteiger charge is -2.05. The lowest BCUT2D eigenvalue weighted by atomic mass is 10.2. The van der Waals surface area contributed by atoms with Crippen LogP contribution in [0.5, 0.6) is 0 Å². The standard InChI is InChI=1S/C15H13N3O2S.BrH/c1-10-2-7-13-14(8-10)21-15(16)17(13)9-11-3-5-12(6-4-11)18(19)20;/h2-8,16H,9H2,1H3;1H. The third-order valence-corrected chi connectivity index (χ3v) is 4.31. The number of aryl methyl sites for hydroxylation is 1. The number of nitro groups is 1. The van der Waals surface area contributed by atoms with Gasteiger partial charge in [-0.1, -0.05) is 29.5 Å². The summed E-state index contributed by atoms with van der Waals surface area (Å²) in [5.41, 5.74) is 3.22. The van der Waals surface area contributed by atoms with Gasteiger partial charge in [0.2, 0.25) is 0 Å². The molecule has 0 atom stereocenters. The highest BCUT2D eigenvalue weighted by atomic mass is 79.9. The molecule has 0 bridgehead atoms. The van der Waals surface area contributed by atoms with Crippen LogP contribution in [0.2, 0.25) is 0 Å². The molecule has 3 rings (SSSR count). The van der Waals surface area contributed by atoms with Crippen molar-refractivity contribution in [2.45, 2.75) is 13.5 Å². The molecule has 0 aliphatic heterocycles. The van der Waals surface area contributed by atoms with E-state index in [1.807, 2.05) is 23.6 Å². The number of halogens is 1. The fourth-order valence-corrected chi connectivity index (χ4v) is 3.27. The molecule has 22 heavy (non-hydrogen) atoms. The van der Waals surface area contributed by atoms with Crippen LogP contribution < -0.4 is 4.80 Å². The Morgan fingerprint density at radius 3 is 2.55 bits per heavy atom. The van der Waals surface area contributed by atoms with E-state index in [9.17, 15) is 10.1 Å². The molecule has 1 aromatic heterocycles. The summed E-state index contributed by atoms with van der Waals surface area (Å²) >= 11 is 1.44. The van der Waals surface area contributed by atoms with Crippen LogP contribution in [0.15, 0.2) is 42.5 Å². The Kier molecular flexibility index (Phi) is 4.77. The molecular weight excluding hydrogens is 366 g/mol. The van der Waals surface area contributed by atoms with Crippen LogP contribution in [0.3, 0.4) is 0 Å². The number of benzene rings is 2. The monoisotopic (exact) mass is 379 g/mol. The van der Waals surface area contributed by atoms with Gasteiger partial charge < -0.3 is 4.57 Å². The smallest absolute Gasteiger partial charge is 0.269 e. The number of non-ortho nitro benzene ring substituents is 1. The van der Waals surface area contributed by atoms with Gasteiger partial charge in [-0.25, -0.2) is 0 Å². The molecule has 114 valence electrons. The predicted molar refractivity (Wildman–Crippen MR) is 92.9 cm³/mol. The number of nitro benzene ring substituents is 1. The molecule has 2 aromatic carbocycles. The van der Waals surface area contributed by atoms with E-state index in [4.69, 9.17) is 5.41 Å². The summed E-state index contributed by atoms with van der Waals surface area (Å²) in [6.07, 6.45) is 0. The summed E-state index contributed by atoms with van der Waals surface area (Å²) in [5.74, 6) is 0. The minimum Gasteiger partial charge on any atom is -0.312 e. The maximum absolute atomic E-state index is 10.7. The summed E-state index contributed by atoms with van der Waals surface area (Å²) in [6, 6.07) is 12.6. The van der Waals surface area contributed by atoms with Crippen molar-refractivity contribution >= 4 is 44.2 Å². The second-order valence-electron chi connectivity index (χ2n) is 4.89. The van der Waals surface area contributed by atoms with Crippen molar-refractivity contribution in [1.29, 1.82) is 5.41 Å². The molecule has 3 aromatic rings. The van der Waals surface area contributed by atoms with E-state index in [1.165, 1.54) is 29.0 Å². The number of rotatable bonds is 3. The SMILES string of the molecule is Br.Cc1ccc2c(c1)sc(=N)n2Cc1ccc([N+](=O)[O-])cc1. The van der Waals surface area contributed by atoms with Gasteiger partial charge in [-0.3, -0.25) is 15.5 Å². The molecule has 1 N–H and O–H groups in total. The van der Waals surface area contributed by atoms with E-state index in [0.717, 1.165) is 15.8 Å². The minimum absolute atomic E-state index is 0. The zero-order valence-corrected chi connectivity index (χ0v) is 14.3. The first-order valence-corrected chi connectivity index (χ1v) is 7.24. The number of nitrogens with zero attached hydrogens (tertiary/aromatic N) is 2. The van der Waals surface area contributed by atoms with Crippen LogP contribution in [0.25, 0.3) is 10.2 Å². The number of thiazole rings is 1. The van der Waals surface area contributed by atoms with E-state index in [1.54, 1.807) is 12.1 Å². The molecule has 0 saturated carbocycles. The highest BCUT2D eigenvalue weighted by Gasteiger charge is 2.08. The molecule has 0 unspecified atom stereocenters. The van der Waals surface area contributed by atoms with Gasteiger partial charge in [0.15, 0.2) is 4.80 Å². The molecule has 0 radical (unpaired) electrons. The van der Waals surface area contributed by atoms with Crippen molar-refractivity contribution < 1.29 is 4.92 Å². The third-order valence-electron chi connectivity index (χ3n) is 3.35. The van der Waals surface area contributed by atoms with Crippen LogP contribution in [-0.4, -0.2) is 9.49 Å². The van der Waals surface area contributed by atoms with Gasteiger partial charge in [-0.15, -0.1) is 17.0 Å². The zero-order chi connectivity index (χ0) is 15.0. The number of aromatic nitrogens is 1. The Bertz CT molecular complexity index is 884. The van der Waals surface area contributed by atoms with Gasteiger partial charge >= 0.3 is 0 Å². The van der Waals surface area contributed by atoms with Gasteiger partial charge in [0, 0.05) is 12.1 Å². The highest BCUT2D eigenvalue weighted by Crippen LogP contribution is 2.20. The first kappa shape index (κ1) is 16.4.